The predicted octanol–water partition coefficient (Wildman–Crippen LogP) is 2.54. The van der Waals surface area contributed by atoms with E-state index in [1.807, 2.05) is 6.07 Å². The number of amides is 1. The number of carbonyl (C=O) groups excluding carboxylic acids is 1. The molecule has 0 unspecified atom stereocenters. The number of rotatable bonds is 6. The average molecular weight is 436 g/mol. The van der Waals surface area contributed by atoms with Gasteiger partial charge in [0.15, 0.2) is 0 Å². The molecule has 0 bridgehead atoms. The maximum Gasteiger partial charge on any atom is 0.243 e. The Morgan fingerprint density at radius 1 is 1.14 bits per heavy atom. The van der Waals surface area contributed by atoms with Crippen LogP contribution in [0.5, 0.6) is 0 Å². The maximum atomic E-state index is 12.7. The van der Waals surface area contributed by atoms with Crippen LogP contribution in [0.25, 0.3) is 0 Å². The van der Waals surface area contributed by atoms with Crippen LogP contribution in [-0.4, -0.2) is 62.9 Å². The molecule has 29 heavy (non-hydrogen) atoms. The Labute approximate surface area is 175 Å². The Hall–Kier alpha value is -1.78. The summed E-state index contributed by atoms with van der Waals surface area (Å²) in [5.41, 5.74) is 0.600. The molecule has 1 amide bonds. The Bertz CT molecular complexity index is 923. The predicted molar refractivity (Wildman–Crippen MR) is 113 cm³/mol. The number of carbonyl (C=O) groups is 1. The number of likely N-dealkylation sites (tertiary alicyclic amines) is 1. The fourth-order valence-corrected chi connectivity index (χ4v) is 6.15. The molecule has 2 saturated heterocycles. The Morgan fingerprint density at radius 3 is 2.59 bits per heavy atom. The lowest BCUT2D eigenvalue weighted by atomic mass is 10.2. The molecule has 7 nitrogen and oxygen atoms in total. The molecule has 1 N–H and O–H groups in total. The molecule has 3 heterocycles. The number of hydrogen-bond acceptors (Lipinski definition) is 6. The first-order chi connectivity index (χ1) is 14.0. The number of hydrogen-bond donors (Lipinski definition) is 1. The average Bonchev–Trinajstić information content (AvgIpc) is 3.41. The molecule has 0 radical (unpaired) electrons. The topological polar surface area (TPSA) is 79.0 Å². The Kier molecular flexibility index (Phi) is 6.31. The van der Waals surface area contributed by atoms with Gasteiger partial charge in [-0.05, 0) is 55.1 Å². The van der Waals surface area contributed by atoms with Gasteiger partial charge < -0.3 is 10.1 Å². The van der Waals surface area contributed by atoms with E-state index in [2.05, 4.69) is 21.7 Å². The summed E-state index contributed by atoms with van der Waals surface area (Å²) < 4.78 is 32.0. The van der Waals surface area contributed by atoms with Crippen molar-refractivity contribution >= 4 is 33.0 Å². The number of morpholine rings is 1. The molecule has 9 heteroatoms. The summed E-state index contributed by atoms with van der Waals surface area (Å²) in [6.07, 6.45) is 2.16. The maximum absolute atomic E-state index is 12.7. The highest BCUT2D eigenvalue weighted by molar-refractivity contribution is 7.89. The van der Waals surface area contributed by atoms with Crippen LogP contribution in [0.4, 0.5) is 5.69 Å². The molecule has 156 valence electrons. The number of nitrogens with zero attached hydrogens (tertiary/aromatic N) is 2. The molecule has 1 aromatic heterocycles. The van der Waals surface area contributed by atoms with E-state index in [9.17, 15) is 13.2 Å². The highest BCUT2D eigenvalue weighted by Gasteiger charge is 2.28. The highest BCUT2D eigenvalue weighted by atomic mass is 32.2. The highest BCUT2D eigenvalue weighted by Crippen LogP contribution is 2.34. The number of sulfonamides is 1. The number of benzene rings is 1. The number of ether oxygens (including phenoxy) is 1. The smallest absolute Gasteiger partial charge is 0.243 e. The summed E-state index contributed by atoms with van der Waals surface area (Å²) in [6.45, 7) is 2.79. The molecule has 2 aliphatic heterocycles. The first kappa shape index (κ1) is 20.5. The minimum absolute atomic E-state index is 0.0859. The van der Waals surface area contributed by atoms with Gasteiger partial charge in [-0.1, -0.05) is 6.07 Å². The van der Waals surface area contributed by atoms with Crippen molar-refractivity contribution in [1.29, 1.82) is 0 Å². The van der Waals surface area contributed by atoms with Gasteiger partial charge in [-0.3, -0.25) is 9.69 Å². The molecule has 0 saturated carbocycles. The fraction of sp³-hybridized carbons (Fsp3) is 0.450. The number of anilines is 1. The van der Waals surface area contributed by atoms with Crippen molar-refractivity contribution < 1.29 is 17.9 Å². The van der Waals surface area contributed by atoms with E-state index in [1.54, 1.807) is 35.6 Å². The van der Waals surface area contributed by atoms with E-state index < -0.39 is 10.0 Å². The molecule has 2 aromatic rings. The zero-order valence-electron chi connectivity index (χ0n) is 16.1. The zero-order valence-corrected chi connectivity index (χ0v) is 17.8. The van der Waals surface area contributed by atoms with Crippen molar-refractivity contribution in [3.63, 3.8) is 0 Å². The molecule has 0 spiro atoms. The van der Waals surface area contributed by atoms with E-state index in [1.165, 1.54) is 9.18 Å². The lowest BCUT2D eigenvalue weighted by molar-refractivity contribution is -0.117. The lowest BCUT2D eigenvalue weighted by Crippen LogP contribution is -2.40. The molecule has 2 aliphatic rings. The van der Waals surface area contributed by atoms with Crippen LogP contribution < -0.4 is 5.32 Å². The normalized spacial score (nSPS) is 21.3. The zero-order chi connectivity index (χ0) is 20.3. The van der Waals surface area contributed by atoms with E-state index in [4.69, 9.17) is 4.74 Å². The number of nitrogens with one attached hydrogen (secondary N) is 1. The van der Waals surface area contributed by atoms with Gasteiger partial charge in [0.25, 0.3) is 0 Å². The fourth-order valence-electron chi connectivity index (χ4n) is 3.85. The second kappa shape index (κ2) is 8.93. The monoisotopic (exact) mass is 435 g/mol. The van der Waals surface area contributed by atoms with Crippen LogP contribution in [0.3, 0.4) is 0 Å². The minimum atomic E-state index is -3.52. The molecule has 0 aliphatic carbocycles. The molecular formula is C20H25N3O4S2. The van der Waals surface area contributed by atoms with Crippen LogP contribution >= 0.6 is 11.3 Å². The van der Waals surface area contributed by atoms with Crippen LogP contribution in [0.1, 0.15) is 23.8 Å². The van der Waals surface area contributed by atoms with Gasteiger partial charge in [0.2, 0.25) is 15.9 Å². The van der Waals surface area contributed by atoms with Gasteiger partial charge in [0, 0.05) is 29.7 Å². The van der Waals surface area contributed by atoms with E-state index in [0.29, 0.717) is 44.6 Å². The third kappa shape index (κ3) is 4.70. The Morgan fingerprint density at radius 2 is 1.90 bits per heavy atom. The summed E-state index contributed by atoms with van der Waals surface area (Å²) in [5, 5.41) is 4.96. The lowest BCUT2D eigenvalue weighted by Gasteiger charge is -2.26. The quantitative estimate of drug-likeness (QED) is 0.754. The van der Waals surface area contributed by atoms with Crippen molar-refractivity contribution in [2.24, 2.45) is 0 Å². The van der Waals surface area contributed by atoms with E-state index in [0.717, 1.165) is 19.4 Å². The van der Waals surface area contributed by atoms with Gasteiger partial charge in [-0.15, -0.1) is 11.3 Å². The van der Waals surface area contributed by atoms with Gasteiger partial charge in [-0.2, -0.15) is 4.31 Å². The second-order valence-electron chi connectivity index (χ2n) is 7.23. The van der Waals surface area contributed by atoms with Crippen molar-refractivity contribution in [1.82, 2.24) is 9.21 Å². The van der Waals surface area contributed by atoms with Gasteiger partial charge in [0.05, 0.1) is 24.7 Å². The third-order valence-corrected chi connectivity index (χ3v) is 8.21. The van der Waals surface area contributed by atoms with Crippen molar-refractivity contribution in [3.05, 3.63) is 46.7 Å². The van der Waals surface area contributed by atoms with Crippen LogP contribution in [0, 0.1) is 0 Å². The first-order valence-corrected chi connectivity index (χ1v) is 12.1. The molecular weight excluding hydrogens is 410 g/mol. The SMILES string of the molecule is O=C(CN1CCC[C@H]1c1cccs1)Nc1ccc(S(=O)(=O)N2CCOCC2)cc1. The van der Waals surface area contributed by atoms with Gasteiger partial charge >= 0.3 is 0 Å². The largest absolute Gasteiger partial charge is 0.379 e. The summed E-state index contributed by atoms with van der Waals surface area (Å²) in [7, 11) is -3.52. The summed E-state index contributed by atoms with van der Waals surface area (Å²) >= 11 is 1.73. The van der Waals surface area contributed by atoms with E-state index >= 15 is 0 Å². The van der Waals surface area contributed by atoms with Crippen LogP contribution in [0.15, 0.2) is 46.7 Å². The third-order valence-electron chi connectivity index (χ3n) is 5.33. The van der Waals surface area contributed by atoms with Gasteiger partial charge in [-0.25, -0.2) is 8.42 Å². The van der Waals surface area contributed by atoms with Crippen molar-refractivity contribution in [2.45, 2.75) is 23.8 Å². The Balaban J connectivity index is 1.36. The van der Waals surface area contributed by atoms with Gasteiger partial charge in [0.1, 0.15) is 0 Å². The molecule has 1 aromatic carbocycles. The molecule has 1 atom stereocenters. The van der Waals surface area contributed by atoms with E-state index in [-0.39, 0.29) is 10.8 Å². The molecule has 2 fully saturated rings. The second-order valence-corrected chi connectivity index (χ2v) is 10.2. The summed E-state index contributed by atoms with van der Waals surface area (Å²) in [6, 6.07) is 10.9. The molecule has 4 rings (SSSR count). The van der Waals surface area contributed by atoms with Crippen LogP contribution in [0.2, 0.25) is 0 Å². The first-order valence-electron chi connectivity index (χ1n) is 9.79. The number of thiophene rings is 1. The van der Waals surface area contributed by atoms with Crippen molar-refractivity contribution in [2.75, 3.05) is 44.7 Å². The van der Waals surface area contributed by atoms with Crippen molar-refractivity contribution in [3.8, 4) is 0 Å². The van der Waals surface area contributed by atoms with Crippen LogP contribution in [-0.2, 0) is 19.6 Å². The summed E-state index contributed by atoms with van der Waals surface area (Å²) in [4.78, 5) is 16.3. The standard InChI is InChI=1S/C20H25N3O4S2/c24-20(15-22-9-1-3-18(22)19-4-2-14-28-19)21-16-5-7-17(8-6-16)29(25,26)23-10-12-27-13-11-23/h2,4-8,14,18H,1,3,9-13,15H2,(H,21,24)/t18-/m0/s1. The minimum Gasteiger partial charge on any atom is -0.379 e. The summed E-state index contributed by atoms with van der Waals surface area (Å²) in [5.74, 6) is -0.0859.